The van der Waals surface area contributed by atoms with Crippen molar-refractivity contribution < 1.29 is 4.79 Å². The number of hydrogen-bond acceptors (Lipinski definition) is 2. The van der Waals surface area contributed by atoms with E-state index >= 15 is 0 Å². The molecule has 0 atom stereocenters. The monoisotopic (exact) mass is 246 g/mol. The molecule has 0 aromatic heterocycles. The second-order valence-corrected chi connectivity index (χ2v) is 3.93. The lowest BCUT2D eigenvalue weighted by molar-refractivity contribution is -0.118. The first-order chi connectivity index (χ1) is 7.06. The van der Waals surface area contributed by atoms with Crippen molar-refractivity contribution in [1.29, 1.82) is 0 Å². The molecule has 3 nitrogen and oxygen atoms in total. The van der Waals surface area contributed by atoms with Crippen LogP contribution >= 0.6 is 23.2 Å². The van der Waals surface area contributed by atoms with Crippen molar-refractivity contribution in [2.75, 3.05) is 18.5 Å². The van der Waals surface area contributed by atoms with Crippen LogP contribution in [-0.4, -0.2) is 19.5 Å². The zero-order valence-corrected chi connectivity index (χ0v) is 9.85. The number of carbonyl (C=O) groups excluding carboxylic acids is 1. The van der Waals surface area contributed by atoms with Crippen molar-refractivity contribution in [3.05, 3.63) is 28.2 Å². The molecule has 0 fully saturated rings. The minimum absolute atomic E-state index is 0.0678. The molecule has 1 rings (SSSR count). The van der Waals surface area contributed by atoms with Crippen molar-refractivity contribution in [3.63, 3.8) is 0 Å². The molecule has 15 heavy (non-hydrogen) atoms. The highest BCUT2D eigenvalue weighted by Crippen LogP contribution is 2.28. The van der Waals surface area contributed by atoms with Gasteiger partial charge in [-0.15, -0.1) is 0 Å². The van der Waals surface area contributed by atoms with Gasteiger partial charge >= 0.3 is 0 Å². The fourth-order valence-electron chi connectivity index (χ4n) is 1.18. The predicted octanol–water partition coefficient (Wildman–Crippen LogP) is 2.31. The van der Waals surface area contributed by atoms with E-state index in [0.717, 1.165) is 0 Å². The summed E-state index contributed by atoms with van der Waals surface area (Å²) in [6, 6.07) is 5.00. The van der Waals surface area contributed by atoms with Gasteiger partial charge in [-0.25, -0.2) is 0 Å². The average Bonchev–Trinajstić information content (AvgIpc) is 2.17. The maximum absolute atomic E-state index is 11.5. The van der Waals surface area contributed by atoms with Gasteiger partial charge in [0.1, 0.15) is 0 Å². The highest BCUT2D eigenvalue weighted by Gasteiger charge is 2.12. The van der Waals surface area contributed by atoms with Crippen LogP contribution in [0.1, 0.15) is 6.42 Å². The molecule has 0 unspecified atom stereocenters. The molecule has 0 bridgehead atoms. The van der Waals surface area contributed by atoms with Crippen molar-refractivity contribution in [3.8, 4) is 0 Å². The summed E-state index contributed by atoms with van der Waals surface area (Å²) < 4.78 is 0. The number of halogens is 2. The van der Waals surface area contributed by atoms with Crippen LogP contribution in [0.2, 0.25) is 10.0 Å². The first kappa shape index (κ1) is 12.3. The maximum atomic E-state index is 11.5. The highest BCUT2D eigenvalue weighted by molar-refractivity contribution is 6.36. The SMILES string of the molecule is CN(C(=O)CCN)c1ccc(Cl)cc1Cl. The minimum atomic E-state index is -0.0678. The van der Waals surface area contributed by atoms with E-state index in [2.05, 4.69) is 0 Å². The Kier molecular flexibility index (Phi) is 4.39. The summed E-state index contributed by atoms with van der Waals surface area (Å²) >= 11 is 11.7. The molecule has 0 heterocycles. The number of nitrogens with zero attached hydrogens (tertiary/aromatic N) is 1. The molecule has 0 radical (unpaired) electrons. The number of benzene rings is 1. The lowest BCUT2D eigenvalue weighted by atomic mass is 10.2. The summed E-state index contributed by atoms with van der Waals surface area (Å²) in [6.07, 6.45) is 0.301. The largest absolute Gasteiger partial charge is 0.330 e. The Bertz CT molecular complexity index is 368. The highest BCUT2D eigenvalue weighted by atomic mass is 35.5. The van der Waals surface area contributed by atoms with Gasteiger partial charge in [-0.2, -0.15) is 0 Å². The number of nitrogens with two attached hydrogens (primary N) is 1. The molecule has 0 saturated heterocycles. The Morgan fingerprint density at radius 2 is 2.13 bits per heavy atom. The smallest absolute Gasteiger partial charge is 0.228 e. The van der Waals surface area contributed by atoms with Crippen LogP contribution in [0.4, 0.5) is 5.69 Å². The Labute approximate surface area is 98.8 Å². The van der Waals surface area contributed by atoms with Crippen molar-refractivity contribution in [1.82, 2.24) is 0 Å². The fourth-order valence-corrected chi connectivity index (χ4v) is 1.71. The van der Waals surface area contributed by atoms with Crippen molar-refractivity contribution >= 4 is 34.8 Å². The Morgan fingerprint density at radius 1 is 1.47 bits per heavy atom. The molecule has 82 valence electrons. The van der Waals surface area contributed by atoms with Crippen molar-refractivity contribution in [2.45, 2.75) is 6.42 Å². The number of rotatable bonds is 3. The van der Waals surface area contributed by atoms with Gasteiger partial charge in [0, 0.05) is 25.0 Å². The minimum Gasteiger partial charge on any atom is -0.330 e. The van der Waals surface area contributed by atoms with E-state index in [4.69, 9.17) is 28.9 Å². The maximum Gasteiger partial charge on any atom is 0.228 e. The standard InChI is InChI=1S/C10H12Cl2N2O/c1-14(10(15)4-5-13)9-3-2-7(11)6-8(9)12/h2-3,6H,4-5,13H2,1H3. The molecular weight excluding hydrogens is 235 g/mol. The lowest BCUT2D eigenvalue weighted by Gasteiger charge is -2.18. The predicted molar refractivity (Wildman–Crippen MR) is 63.5 cm³/mol. The van der Waals surface area contributed by atoms with Crippen LogP contribution in [0.25, 0.3) is 0 Å². The number of amides is 1. The van der Waals surface area contributed by atoms with Gasteiger partial charge < -0.3 is 10.6 Å². The molecule has 1 aromatic rings. The van der Waals surface area contributed by atoms with Gasteiger partial charge in [-0.1, -0.05) is 23.2 Å². The second kappa shape index (κ2) is 5.35. The number of anilines is 1. The molecule has 0 aliphatic carbocycles. The zero-order chi connectivity index (χ0) is 11.4. The van der Waals surface area contributed by atoms with E-state index in [-0.39, 0.29) is 5.91 Å². The van der Waals surface area contributed by atoms with Crippen LogP contribution in [0.5, 0.6) is 0 Å². The van der Waals surface area contributed by atoms with Gasteiger partial charge in [0.2, 0.25) is 5.91 Å². The first-order valence-corrected chi connectivity index (χ1v) is 5.23. The van der Waals surface area contributed by atoms with E-state index in [1.165, 1.54) is 4.90 Å². The van der Waals surface area contributed by atoms with E-state index in [1.54, 1.807) is 25.2 Å². The Morgan fingerprint density at radius 3 is 2.67 bits per heavy atom. The molecular formula is C10H12Cl2N2O. The quantitative estimate of drug-likeness (QED) is 0.890. The molecule has 0 aliphatic rings. The summed E-state index contributed by atoms with van der Waals surface area (Å²) in [7, 11) is 1.66. The lowest BCUT2D eigenvalue weighted by Crippen LogP contribution is -2.28. The third-order valence-electron chi connectivity index (χ3n) is 2.00. The van der Waals surface area contributed by atoms with E-state index in [1.807, 2.05) is 0 Å². The molecule has 1 amide bonds. The second-order valence-electron chi connectivity index (χ2n) is 3.09. The summed E-state index contributed by atoms with van der Waals surface area (Å²) in [6.45, 7) is 0.328. The summed E-state index contributed by atoms with van der Waals surface area (Å²) in [4.78, 5) is 13.0. The normalized spacial score (nSPS) is 10.1. The van der Waals surface area contributed by atoms with E-state index in [9.17, 15) is 4.79 Å². The summed E-state index contributed by atoms with van der Waals surface area (Å²) in [5, 5.41) is 0.999. The molecule has 5 heteroatoms. The van der Waals surface area contributed by atoms with Gasteiger partial charge in [-0.05, 0) is 18.2 Å². The van der Waals surface area contributed by atoms with Crippen LogP contribution in [0, 0.1) is 0 Å². The van der Waals surface area contributed by atoms with Crippen molar-refractivity contribution in [2.24, 2.45) is 5.73 Å². The molecule has 0 saturated carbocycles. The van der Waals surface area contributed by atoms with E-state index < -0.39 is 0 Å². The fraction of sp³-hybridized carbons (Fsp3) is 0.300. The summed E-state index contributed by atoms with van der Waals surface area (Å²) in [5.74, 6) is -0.0678. The van der Waals surface area contributed by atoms with Gasteiger partial charge in [0.15, 0.2) is 0 Å². The Balaban J connectivity index is 2.91. The third kappa shape index (κ3) is 3.09. The topological polar surface area (TPSA) is 46.3 Å². The van der Waals surface area contributed by atoms with Gasteiger partial charge in [-0.3, -0.25) is 4.79 Å². The van der Waals surface area contributed by atoms with Crippen LogP contribution < -0.4 is 10.6 Å². The van der Waals surface area contributed by atoms with Crippen LogP contribution in [0.15, 0.2) is 18.2 Å². The molecule has 2 N–H and O–H groups in total. The number of hydrogen-bond donors (Lipinski definition) is 1. The van der Waals surface area contributed by atoms with Crippen LogP contribution in [-0.2, 0) is 4.79 Å². The van der Waals surface area contributed by atoms with Crippen LogP contribution in [0.3, 0.4) is 0 Å². The summed E-state index contributed by atoms with van der Waals surface area (Å²) in [5.41, 5.74) is 5.94. The molecule has 1 aromatic carbocycles. The molecule has 0 aliphatic heterocycles. The molecule has 0 spiro atoms. The third-order valence-corrected chi connectivity index (χ3v) is 2.54. The van der Waals surface area contributed by atoms with E-state index in [0.29, 0.717) is 28.7 Å². The first-order valence-electron chi connectivity index (χ1n) is 4.48. The average molecular weight is 247 g/mol. The van der Waals surface area contributed by atoms with Gasteiger partial charge in [0.25, 0.3) is 0 Å². The van der Waals surface area contributed by atoms with Gasteiger partial charge in [0.05, 0.1) is 10.7 Å². The Hall–Kier alpha value is -0.770. The zero-order valence-electron chi connectivity index (χ0n) is 8.34. The number of carbonyl (C=O) groups is 1.